The van der Waals surface area contributed by atoms with E-state index in [1.54, 1.807) is 0 Å². The van der Waals surface area contributed by atoms with E-state index in [0.717, 1.165) is 23.5 Å². The second-order valence-corrected chi connectivity index (χ2v) is 19.1. The van der Waals surface area contributed by atoms with Gasteiger partial charge in [-0.25, -0.2) is 0 Å². The summed E-state index contributed by atoms with van der Waals surface area (Å²) in [6.07, 6.45) is 12.7. The normalized spacial score (nSPS) is 18.1. The van der Waals surface area contributed by atoms with Crippen molar-refractivity contribution in [2.45, 2.75) is 37.6 Å². The lowest BCUT2D eigenvalue weighted by Gasteiger charge is -2.35. The summed E-state index contributed by atoms with van der Waals surface area (Å²) in [5, 5.41) is 7.78. The molecule has 0 N–H and O–H groups in total. The third-order valence-corrected chi connectivity index (χ3v) is 15.1. The average Bonchev–Trinajstić information content (AvgIpc) is 3.67. The molecule has 1 aliphatic heterocycles. The number of benzene rings is 10. The first-order valence-corrected chi connectivity index (χ1v) is 24.1. The Morgan fingerprint density at radius 1 is 0.485 bits per heavy atom. The molecule has 0 saturated heterocycles. The van der Waals surface area contributed by atoms with Gasteiger partial charge in [0.25, 0.3) is 0 Å². The van der Waals surface area contributed by atoms with E-state index in [1.165, 1.54) is 93.8 Å². The first kappa shape index (κ1) is 40.1. The smallest absolute Gasteiger partial charge is 0.0655 e. The molecular weight excluding hydrogens is 821 g/mol. The Balaban J connectivity index is 0.928. The third-order valence-electron chi connectivity index (χ3n) is 15.1. The van der Waals surface area contributed by atoms with Crippen LogP contribution >= 0.6 is 0 Å². The number of nitrogens with zero attached hydrogens (tertiary/aromatic N) is 2. The van der Waals surface area contributed by atoms with Gasteiger partial charge in [-0.3, -0.25) is 0 Å². The summed E-state index contributed by atoms with van der Waals surface area (Å²) in [4.78, 5) is 5.04. The SMILES string of the molecule is CC1CC(c2ccc(N(c3ccc(-c4ccccc4)cc3)c3cccc(-c4cccc5c4C4(C)C=CC=CC4N5c4cc5ccccc5c5ccccc45)c3)cc2)=Cc2ccc3ccccc3c21. The number of hydrogen-bond donors (Lipinski definition) is 0. The molecule has 0 radical (unpaired) electrons. The fraction of sp³-hybridized carbons (Fsp3) is 0.0909. The highest BCUT2D eigenvalue weighted by Crippen LogP contribution is 2.56. The van der Waals surface area contributed by atoms with Crippen molar-refractivity contribution in [1.29, 1.82) is 0 Å². The van der Waals surface area contributed by atoms with E-state index in [9.17, 15) is 0 Å². The molecule has 1 heterocycles. The van der Waals surface area contributed by atoms with Crippen LogP contribution in [0.4, 0.5) is 28.4 Å². The van der Waals surface area contributed by atoms with Gasteiger partial charge in [0.15, 0.2) is 0 Å². The second-order valence-electron chi connectivity index (χ2n) is 19.1. The summed E-state index contributed by atoms with van der Waals surface area (Å²) in [7, 11) is 0. The number of rotatable bonds is 7. The maximum Gasteiger partial charge on any atom is 0.0655 e. The van der Waals surface area contributed by atoms with E-state index in [4.69, 9.17) is 0 Å². The summed E-state index contributed by atoms with van der Waals surface area (Å²) < 4.78 is 0. The first-order chi connectivity index (χ1) is 33.5. The summed E-state index contributed by atoms with van der Waals surface area (Å²) in [6.45, 7) is 4.81. The fourth-order valence-corrected chi connectivity index (χ4v) is 11.9. The van der Waals surface area contributed by atoms with Crippen LogP contribution in [0, 0.1) is 0 Å². The van der Waals surface area contributed by atoms with Crippen molar-refractivity contribution >= 4 is 72.4 Å². The van der Waals surface area contributed by atoms with Gasteiger partial charge in [0, 0.05) is 33.6 Å². The quantitative estimate of drug-likeness (QED) is 0.147. The van der Waals surface area contributed by atoms with Gasteiger partial charge in [-0.15, -0.1) is 0 Å². The van der Waals surface area contributed by atoms with E-state index in [1.807, 2.05) is 0 Å². The molecule has 68 heavy (non-hydrogen) atoms. The highest BCUT2D eigenvalue weighted by atomic mass is 15.2. The molecule has 324 valence electrons. The maximum atomic E-state index is 2.61. The van der Waals surface area contributed by atoms with Crippen LogP contribution in [0.2, 0.25) is 0 Å². The molecule has 10 aromatic rings. The molecule has 3 unspecified atom stereocenters. The average molecular weight is 871 g/mol. The monoisotopic (exact) mass is 870 g/mol. The molecular formula is C66H50N2. The Morgan fingerprint density at radius 2 is 1.13 bits per heavy atom. The number of fused-ring (bicyclic) bond motifs is 9. The van der Waals surface area contributed by atoms with Crippen LogP contribution < -0.4 is 9.80 Å². The molecule has 2 aliphatic carbocycles. The largest absolute Gasteiger partial charge is 0.332 e. The Bertz CT molecular complexity index is 3690. The minimum Gasteiger partial charge on any atom is -0.332 e. The standard InChI is InChI=1S/C66H50N2/c1-44-40-52(41-51-30-29-48-18-6-9-23-57(48)64(44)51)47-33-37-54(38-34-47)67(53-35-31-46(32-36-53)45-16-4-3-5-17-45)55-21-14-20-49(42-55)58-26-15-27-61-65(58)66(2)39-13-12-28-63(66)68(61)62-43-50-19-7-8-22-56(50)59-24-10-11-25-60(59)62/h3-39,41-44,63H,40H2,1-2H3. The lowest BCUT2D eigenvalue weighted by molar-refractivity contribution is 0.552. The molecule has 13 rings (SSSR count). The van der Waals surface area contributed by atoms with Crippen molar-refractivity contribution in [3.63, 3.8) is 0 Å². The van der Waals surface area contributed by atoms with Gasteiger partial charge >= 0.3 is 0 Å². The molecule has 2 nitrogen and oxygen atoms in total. The molecule has 3 aliphatic rings. The molecule has 0 saturated carbocycles. The lowest BCUT2D eigenvalue weighted by atomic mass is 9.73. The highest BCUT2D eigenvalue weighted by molar-refractivity contribution is 6.14. The fourth-order valence-electron chi connectivity index (χ4n) is 11.9. The van der Waals surface area contributed by atoms with Crippen LogP contribution in [-0.2, 0) is 5.41 Å². The van der Waals surface area contributed by atoms with Crippen molar-refractivity contribution in [2.24, 2.45) is 0 Å². The van der Waals surface area contributed by atoms with Crippen LogP contribution in [0.1, 0.15) is 48.4 Å². The zero-order chi connectivity index (χ0) is 45.3. The van der Waals surface area contributed by atoms with Crippen LogP contribution in [0.15, 0.2) is 237 Å². The minimum absolute atomic E-state index is 0.102. The predicted molar refractivity (Wildman–Crippen MR) is 290 cm³/mol. The van der Waals surface area contributed by atoms with Crippen LogP contribution in [0.3, 0.4) is 0 Å². The summed E-state index contributed by atoms with van der Waals surface area (Å²) in [5.74, 6) is 0.425. The van der Waals surface area contributed by atoms with Gasteiger partial charge in [0.2, 0.25) is 0 Å². The number of hydrogen-bond acceptors (Lipinski definition) is 2. The molecule has 3 atom stereocenters. The minimum atomic E-state index is -0.273. The van der Waals surface area contributed by atoms with Gasteiger partial charge in [-0.1, -0.05) is 201 Å². The topological polar surface area (TPSA) is 6.48 Å². The molecule has 2 heteroatoms. The molecule has 0 fully saturated rings. The molecule has 0 amide bonds. The Hall–Kier alpha value is -8.20. The number of allylic oxidation sites excluding steroid dienone is 3. The molecule has 0 spiro atoms. The zero-order valence-corrected chi connectivity index (χ0v) is 38.4. The van der Waals surface area contributed by atoms with Crippen LogP contribution in [-0.4, -0.2) is 6.04 Å². The Labute approximate surface area is 399 Å². The molecule has 0 bridgehead atoms. The molecule has 10 aromatic carbocycles. The predicted octanol–water partition coefficient (Wildman–Crippen LogP) is 17.9. The van der Waals surface area contributed by atoms with Crippen molar-refractivity contribution in [3.05, 3.63) is 259 Å². The Morgan fingerprint density at radius 3 is 1.93 bits per heavy atom. The van der Waals surface area contributed by atoms with E-state index >= 15 is 0 Å². The lowest BCUT2D eigenvalue weighted by Crippen LogP contribution is -2.39. The van der Waals surface area contributed by atoms with Gasteiger partial charge in [0.1, 0.15) is 0 Å². The van der Waals surface area contributed by atoms with Gasteiger partial charge in [-0.05, 0) is 145 Å². The summed E-state index contributed by atoms with van der Waals surface area (Å²) in [5.41, 5.74) is 17.2. The number of anilines is 5. The van der Waals surface area contributed by atoms with Crippen molar-refractivity contribution in [1.82, 2.24) is 0 Å². The second kappa shape index (κ2) is 16.0. The van der Waals surface area contributed by atoms with Crippen molar-refractivity contribution in [2.75, 3.05) is 9.80 Å². The van der Waals surface area contributed by atoms with Crippen molar-refractivity contribution < 1.29 is 0 Å². The maximum absolute atomic E-state index is 2.61. The van der Waals surface area contributed by atoms with Crippen molar-refractivity contribution in [3.8, 4) is 22.3 Å². The van der Waals surface area contributed by atoms with Crippen LogP contribution in [0.25, 0.3) is 66.2 Å². The van der Waals surface area contributed by atoms with E-state index in [-0.39, 0.29) is 11.5 Å². The van der Waals surface area contributed by atoms with Gasteiger partial charge in [0.05, 0.1) is 11.7 Å². The van der Waals surface area contributed by atoms with Gasteiger partial charge in [-0.2, -0.15) is 0 Å². The Kier molecular flexibility index (Phi) is 9.44. The highest BCUT2D eigenvalue weighted by Gasteiger charge is 2.48. The van der Waals surface area contributed by atoms with E-state index < -0.39 is 0 Å². The first-order valence-electron chi connectivity index (χ1n) is 24.1. The van der Waals surface area contributed by atoms with E-state index in [2.05, 4.69) is 266 Å². The van der Waals surface area contributed by atoms with E-state index in [0.29, 0.717) is 5.92 Å². The summed E-state index contributed by atoms with van der Waals surface area (Å²) in [6, 6.07) is 78.7. The third kappa shape index (κ3) is 6.47. The van der Waals surface area contributed by atoms with Gasteiger partial charge < -0.3 is 9.80 Å². The molecule has 0 aromatic heterocycles. The zero-order valence-electron chi connectivity index (χ0n) is 38.4. The summed E-state index contributed by atoms with van der Waals surface area (Å²) >= 11 is 0. The van der Waals surface area contributed by atoms with Crippen LogP contribution in [0.5, 0.6) is 0 Å².